The van der Waals surface area contributed by atoms with E-state index in [2.05, 4.69) is 22.9 Å². The minimum Gasteiger partial charge on any atom is -0.353 e. The summed E-state index contributed by atoms with van der Waals surface area (Å²) in [5.74, 6) is 0.137. The van der Waals surface area contributed by atoms with Crippen molar-refractivity contribution in [3.05, 3.63) is 0 Å². The number of rotatable bonds is 9. The van der Waals surface area contributed by atoms with Crippen LogP contribution in [0.1, 0.15) is 59.8 Å². The lowest BCUT2D eigenvalue weighted by Gasteiger charge is -2.26. The predicted octanol–water partition coefficient (Wildman–Crippen LogP) is 1.33. The third-order valence-corrected chi connectivity index (χ3v) is 3.71. The van der Waals surface area contributed by atoms with E-state index in [1.165, 1.54) is 0 Å². The molecule has 20 heavy (non-hydrogen) atoms. The van der Waals surface area contributed by atoms with Gasteiger partial charge >= 0.3 is 0 Å². The van der Waals surface area contributed by atoms with E-state index >= 15 is 0 Å². The van der Waals surface area contributed by atoms with Gasteiger partial charge in [0.1, 0.15) is 0 Å². The molecule has 2 amide bonds. The smallest absolute Gasteiger partial charge is 0.237 e. The summed E-state index contributed by atoms with van der Waals surface area (Å²) in [6.07, 6.45) is 4.42. The van der Waals surface area contributed by atoms with Gasteiger partial charge in [-0.1, -0.05) is 6.92 Å². The van der Waals surface area contributed by atoms with Crippen molar-refractivity contribution in [2.75, 3.05) is 6.54 Å². The second-order valence-corrected chi connectivity index (χ2v) is 6.35. The largest absolute Gasteiger partial charge is 0.353 e. The van der Waals surface area contributed by atoms with Crippen LogP contribution in [0.2, 0.25) is 0 Å². The fourth-order valence-electron chi connectivity index (χ4n) is 1.72. The van der Waals surface area contributed by atoms with Crippen molar-refractivity contribution < 1.29 is 9.59 Å². The van der Waals surface area contributed by atoms with E-state index in [0.29, 0.717) is 19.0 Å². The molecule has 1 aliphatic carbocycles. The summed E-state index contributed by atoms with van der Waals surface area (Å²) in [5.41, 5.74) is -0.169. The van der Waals surface area contributed by atoms with Crippen LogP contribution < -0.4 is 16.0 Å². The van der Waals surface area contributed by atoms with Crippen LogP contribution in [0.3, 0.4) is 0 Å². The Morgan fingerprint density at radius 2 is 1.95 bits per heavy atom. The molecule has 1 aliphatic rings. The molecule has 0 radical (unpaired) electrons. The molecule has 0 aromatic heterocycles. The van der Waals surface area contributed by atoms with Gasteiger partial charge in [-0.25, -0.2) is 0 Å². The van der Waals surface area contributed by atoms with Gasteiger partial charge < -0.3 is 16.0 Å². The summed E-state index contributed by atoms with van der Waals surface area (Å²) in [5, 5.41) is 9.13. The lowest BCUT2D eigenvalue weighted by molar-refractivity contribution is -0.124. The van der Waals surface area contributed by atoms with E-state index in [4.69, 9.17) is 0 Å². The number of carbonyl (C=O) groups excluding carboxylic acids is 2. The molecule has 0 heterocycles. The zero-order valence-electron chi connectivity index (χ0n) is 13.2. The molecule has 5 nitrogen and oxygen atoms in total. The minimum absolute atomic E-state index is 0.0132. The average Bonchev–Trinajstić information content (AvgIpc) is 3.17. The molecular formula is C15H29N3O2. The molecule has 0 saturated heterocycles. The molecule has 1 atom stereocenters. The van der Waals surface area contributed by atoms with Crippen LogP contribution in [0.4, 0.5) is 0 Å². The number of hydrogen-bond acceptors (Lipinski definition) is 3. The van der Waals surface area contributed by atoms with Crippen LogP contribution >= 0.6 is 0 Å². The molecule has 3 N–H and O–H groups in total. The Balaban J connectivity index is 2.10. The minimum atomic E-state index is -0.229. The van der Waals surface area contributed by atoms with Crippen molar-refractivity contribution >= 4 is 11.8 Å². The van der Waals surface area contributed by atoms with Crippen molar-refractivity contribution in [3.63, 3.8) is 0 Å². The van der Waals surface area contributed by atoms with E-state index in [9.17, 15) is 9.59 Å². The van der Waals surface area contributed by atoms with Gasteiger partial charge in [-0.2, -0.15) is 0 Å². The lowest BCUT2D eigenvalue weighted by atomic mass is 10.0. The molecule has 1 saturated carbocycles. The van der Waals surface area contributed by atoms with Gasteiger partial charge in [0.05, 0.1) is 6.04 Å². The quantitative estimate of drug-likeness (QED) is 0.559. The van der Waals surface area contributed by atoms with Crippen LogP contribution in [0.15, 0.2) is 0 Å². The Bertz CT molecular complexity index is 338. The van der Waals surface area contributed by atoms with Gasteiger partial charge in [-0.05, 0) is 53.0 Å². The monoisotopic (exact) mass is 283 g/mol. The fourth-order valence-corrected chi connectivity index (χ4v) is 1.72. The lowest BCUT2D eigenvalue weighted by Crippen LogP contribution is -2.50. The number of hydrogen-bond donors (Lipinski definition) is 3. The van der Waals surface area contributed by atoms with Crippen molar-refractivity contribution in [1.29, 1.82) is 0 Å². The molecule has 1 unspecified atom stereocenters. The topological polar surface area (TPSA) is 70.2 Å². The first-order valence-electron chi connectivity index (χ1n) is 7.69. The van der Waals surface area contributed by atoms with Crippen molar-refractivity contribution in [2.24, 2.45) is 0 Å². The second-order valence-electron chi connectivity index (χ2n) is 6.35. The Kier molecular flexibility index (Phi) is 6.46. The molecule has 116 valence electrons. The highest BCUT2D eigenvalue weighted by molar-refractivity contribution is 5.82. The highest BCUT2D eigenvalue weighted by Gasteiger charge is 2.23. The number of nitrogens with one attached hydrogen (secondary N) is 3. The van der Waals surface area contributed by atoms with Crippen molar-refractivity contribution in [2.45, 2.75) is 77.4 Å². The Labute approximate surface area is 122 Å². The summed E-state index contributed by atoms with van der Waals surface area (Å²) >= 11 is 0. The Hall–Kier alpha value is -1.10. The molecule has 0 aromatic rings. The van der Waals surface area contributed by atoms with Gasteiger partial charge in [0, 0.05) is 18.0 Å². The maximum atomic E-state index is 11.9. The van der Waals surface area contributed by atoms with Gasteiger partial charge in [0.2, 0.25) is 11.8 Å². The van der Waals surface area contributed by atoms with Gasteiger partial charge in [0.15, 0.2) is 0 Å². The summed E-state index contributed by atoms with van der Waals surface area (Å²) in [4.78, 5) is 23.4. The zero-order chi connectivity index (χ0) is 15.2. The number of amides is 2. The second kappa shape index (κ2) is 7.62. The van der Waals surface area contributed by atoms with Gasteiger partial charge in [-0.15, -0.1) is 0 Å². The normalized spacial score (nSPS) is 16.6. The highest BCUT2D eigenvalue weighted by atomic mass is 16.2. The first kappa shape index (κ1) is 17.0. The molecule has 5 heteroatoms. The van der Waals surface area contributed by atoms with Crippen LogP contribution in [-0.2, 0) is 9.59 Å². The third-order valence-electron chi connectivity index (χ3n) is 3.71. The van der Waals surface area contributed by atoms with Crippen LogP contribution in [-0.4, -0.2) is 36.0 Å². The molecule has 1 rings (SSSR count). The summed E-state index contributed by atoms with van der Waals surface area (Å²) in [7, 11) is 0. The fraction of sp³-hybridized carbons (Fsp3) is 0.867. The van der Waals surface area contributed by atoms with Crippen LogP contribution in [0.25, 0.3) is 0 Å². The molecule has 1 fully saturated rings. The van der Waals surface area contributed by atoms with Crippen molar-refractivity contribution in [3.8, 4) is 0 Å². The van der Waals surface area contributed by atoms with E-state index < -0.39 is 0 Å². The standard InChI is InChI=1S/C15H29N3O2/c1-5-15(3,4)18-14(20)11(2)16-10-6-7-13(19)17-12-8-9-12/h11-12,16H,5-10H2,1-4H3,(H,17,19)(H,18,20). The van der Waals surface area contributed by atoms with E-state index in [1.54, 1.807) is 0 Å². The SMILES string of the molecule is CCC(C)(C)NC(=O)C(C)NCCCC(=O)NC1CC1. The molecule has 0 aliphatic heterocycles. The van der Waals surface area contributed by atoms with Crippen molar-refractivity contribution in [1.82, 2.24) is 16.0 Å². The molecular weight excluding hydrogens is 254 g/mol. The number of carbonyl (C=O) groups is 2. The molecule has 0 aromatic carbocycles. The van der Waals surface area contributed by atoms with Gasteiger partial charge in [0.25, 0.3) is 0 Å². The predicted molar refractivity (Wildman–Crippen MR) is 80.4 cm³/mol. The first-order valence-corrected chi connectivity index (χ1v) is 7.69. The van der Waals surface area contributed by atoms with E-state index in [-0.39, 0.29) is 23.4 Å². The summed E-state index contributed by atoms with van der Waals surface area (Å²) < 4.78 is 0. The maximum absolute atomic E-state index is 11.9. The van der Waals surface area contributed by atoms with Crippen LogP contribution in [0, 0.1) is 0 Å². The van der Waals surface area contributed by atoms with Crippen LogP contribution in [0.5, 0.6) is 0 Å². The average molecular weight is 283 g/mol. The summed E-state index contributed by atoms with van der Waals surface area (Å²) in [6.45, 7) is 8.61. The third kappa shape index (κ3) is 6.89. The summed E-state index contributed by atoms with van der Waals surface area (Å²) in [6, 6.07) is 0.198. The molecule has 0 spiro atoms. The first-order chi connectivity index (χ1) is 9.34. The highest BCUT2D eigenvalue weighted by Crippen LogP contribution is 2.18. The Morgan fingerprint density at radius 1 is 1.30 bits per heavy atom. The molecule has 0 bridgehead atoms. The van der Waals surface area contributed by atoms with E-state index in [0.717, 1.165) is 25.7 Å². The zero-order valence-corrected chi connectivity index (χ0v) is 13.2. The Morgan fingerprint density at radius 3 is 2.50 bits per heavy atom. The maximum Gasteiger partial charge on any atom is 0.237 e. The van der Waals surface area contributed by atoms with E-state index in [1.807, 2.05) is 20.8 Å². The van der Waals surface area contributed by atoms with Gasteiger partial charge in [-0.3, -0.25) is 9.59 Å².